The zero-order valence-corrected chi connectivity index (χ0v) is 24.1. The fourth-order valence-corrected chi connectivity index (χ4v) is 5.81. The monoisotopic (exact) mass is 607 g/mol. The molecular weight excluding hydrogens is 580 g/mol. The van der Waals surface area contributed by atoms with E-state index in [4.69, 9.17) is 27.9 Å². The molecule has 1 saturated heterocycles. The number of aliphatic carboxylic acids is 1. The van der Waals surface area contributed by atoms with Gasteiger partial charge in [-0.2, -0.15) is 0 Å². The lowest BCUT2D eigenvalue weighted by Gasteiger charge is -2.47. The number of carbonyl (C=O) groups excluding carboxylic acids is 1. The molecule has 11 heteroatoms. The van der Waals surface area contributed by atoms with Crippen LogP contribution in [0.1, 0.15) is 48.6 Å². The smallest absolute Gasteiger partial charge is 0.326 e. The minimum atomic E-state index is -3.64. The van der Waals surface area contributed by atoms with E-state index in [1.165, 1.54) is 17.0 Å². The largest absolute Gasteiger partial charge is 0.480 e. The number of sulfone groups is 1. The lowest BCUT2D eigenvalue weighted by atomic mass is 9.88. The molecule has 1 amide bonds. The number of rotatable bonds is 9. The highest BCUT2D eigenvalue weighted by atomic mass is 35.5. The molecule has 0 aliphatic carbocycles. The lowest BCUT2D eigenvalue weighted by Crippen LogP contribution is -2.57. The predicted octanol–water partition coefficient (Wildman–Crippen LogP) is 6.04. The van der Waals surface area contributed by atoms with Crippen LogP contribution in [-0.4, -0.2) is 48.7 Å². The van der Waals surface area contributed by atoms with E-state index in [2.05, 4.69) is 0 Å². The normalized spacial score (nSPS) is 20.4. The molecule has 0 unspecified atom stereocenters. The van der Waals surface area contributed by atoms with E-state index in [9.17, 15) is 23.1 Å². The van der Waals surface area contributed by atoms with E-state index in [1.54, 1.807) is 48.5 Å². The second-order valence-electron chi connectivity index (χ2n) is 9.71. The summed E-state index contributed by atoms with van der Waals surface area (Å²) in [6.07, 6.45) is -0.670. The predicted molar refractivity (Wildman–Crippen MR) is 150 cm³/mol. The van der Waals surface area contributed by atoms with Gasteiger partial charge in [-0.05, 0) is 59.5 Å². The van der Waals surface area contributed by atoms with Gasteiger partial charge in [0.15, 0.2) is 9.84 Å². The summed E-state index contributed by atoms with van der Waals surface area (Å²) >= 11 is 12.2. The second kappa shape index (κ2) is 12.3. The number of benzene rings is 3. The van der Waals surface area contributed by atoms with Gasteiger partial charge in [-0.15, -0.1) is 0 Å². The molecule has 40 heavy (non-hydrogen) atoms. The van der Waals surface area contributed by atoms with E-state index in [-0.39, 0.29) is 23.3 Å². The Labute approximate surface area is 242 Å². The average molecular weight is 609 g/mol. The van der Waals surface area contributed by atoms with Crippen molar-refractivity contribution in [2.24, 2.45) is 0 Å². The van der Waals surface area contributed by atoms with Gasteiger partial charge in [0.2, 0.25) is 0 Å². The average Bonchev–Trinajstić information content (AvgIpc) is 2.90. The summed E-state index contributed by atoms with van der Waals surface area (Å²) in [5.74, 6) is -2.59. The molecule has 0 aromatic heterocycles. The first-order valence-electron chi connectivity index (χ1n) is 12.6. The first kappa shape index (κ1) is 30.0. The molecule has 0 bridgehead atoms. The molecule has 1 heterocycles. The molecule has 1 fully saturated rings. The van der Waals surface area contributed by atoms with Gasteiger partial charge in [0, 0.05) is 22.7 Å². The zero-order valence-electron chi connectivity index (χ0n) is 21.8. The summed E-state index contributed by atoms with van der Waals surface area (Å²) < 4.78 is 45.2. The summed E-state index contributed by atoms with van der Waals surface area (Å²) in [4.78, 5) is 27.7. The topological polar surface area (TPSA) is 101 Å². The van der Waals surface area contributed by atoms with Crippen LogP contribution in [0.3, 0.4) is 0 Å². The van der Waals surface area contributed by atoms with E-state index in [1.807, 2.05) is 6.92 Å². The summed E-state index contributed by atoms with van der Waals surface area (Å²) in [6.45, 7) is 1.82. The van der Waals surface area contributed by atoms with Crippen LogP contribution in [0.4, 0.5) is 4.39 Å². The number of carboxylic acids is 1. The number of nitrogens with zero attached hydrogens (tertiary/aromatic N) is 1. The van der Waals surface area contributed by atoms with Crippen molar-refractivity contribution < 1.29 is 32.2 Å². The van der Waals surface area contributed by atoms with Crippen molar-refractivity contribution in [3.05, 3.63) is 99.3 Å². The van der Waals surface area contributed by atoms with Crippen LogP contribution < -0.4 is 0 Å². The number of morpholine rings is 1. The SMILES string of the molecule is CCC[C@@H](C(=O)O)N1C(=O)[C@H](Cc2ccc(S(C)(=O)=O)cc2F)O[C@@H](c2ccc(Cl)cc2)[C@H]1c1ccc(Cl)cc1. The Bertz CT molecular complexity index is 1500. The summed E-state index contributed by atoms with van der Waals surface area (Å²) in [7, 11) is -3.64. The van der Waals surface area contributed by atoms with Crippen LogP contribution in [-0.2, 0) is 30.6 Å². The summed E-state index contributed by atoms with van der Waals surface area (Å²) in [5.41, 5.74) is 1.32. The fourth-order valence-electron chi connectivity index (χ4n) is 4.93. The number of ether oxygens (including phenoxy) is 1. The Hall–Kier alpha value is -2.98. The van der Waals surface area contributed by atoms with Gasteiger partial charge in [0.25, 0.3) is 5.91 Å². The van der Waals surface area contributed by atoms with E-state index < -0.39 is 51.8 Å². The highest BCUT2D eigenvalue weighted by molar-refractivity contribution is 7.90. The van der Waals surface area contributed by atoms with Gasteiger partial charge in [-0.3, -0.25) is 4.79 Å². The van der Waals surface area contributed by atoms with E-state index in [0.29, 0.717) is 27.6 Å². The van der Waals surface area contributed by atoms with Crippen LogP contribution in [0.2, 0.25) is 10.0 Å². The van der Waals surface area contributed by atoms with Gasteiger partial charge in [-0.1, -0.05) is 66.9 Å². The van der Waals surface area contributed by atoms with Crippen molar-refractivity contribution in [2.75, 3.05) is 6.26 Å². The van der Waals surface area contributed by atoms with Crippen LogP contribution in [0, 0.1) is 5.82 Å². The van der Waals surface area contributed by atoms with Gasteiger partial charge < -0.3 is 14.7 Å². The minimum Gasteiger partial charge on any atom is -0.480 e. The molecule has 0 radical (unpaired) electrons. The standard InChI is InChI=1S/C29H28Cl2FNO6S/c1-3-4-24(29(35)36)33-26(17-5-10-20(30)11-6-17)27(18-7-12-21(31)13-8-18)39-25(28(33)34)15-19-9-14-22(16-23(19)32)40(2,37)38/h5-14,16,24-27H,3-4,15H2,1-2H3,(H,35,36)/t24-,25-,26+,27-/m0/s1. The Balaban J connectivity index is 1.85. The summed E-state index contributed by atoms with van der Waals surface area (Å²) in [6, 6.07) is 15.0. The number of hydrogen-bond donors (Lipinski definition) is 1. The molecule has 7 nitrogen and oxygen atoms in total. The first-order valence-corrected chi connectivity index (χ1v) is 15.2. The van der Waals surface area contributed by atoms with Gasteiger partial charge >= 0.3 is 5.97 Å². The molecule has 3 aromatic rings. The van der Waals surface area contributed by atoms with Crippen molar-refractivity contribution in [1.82, 2.24) is 4.90 Å². The van der Waals surface area contributed by atoms with Gasteiger partial charge in [-0.25, -0.2) is 17.6 Å². The molecule has 0 saturated carbocycles. The second-order valence-corrected chi connectivity index (χ2v) is 12.6. The van der Waals surface area contributed by atoms with Crippen molar-refractivity contribution in [2.45, 2.75) is 55.4 Å². The molecule has 212 valence electrons. The maximum absolute atomic E-state index is 15.0. The van der Waals surface area contributed by atoms with Crippen LogP contribution in [0.5, 0.6) is 0 Å². The first-order chi connectivity index (χ1) is 18.9. The number of carbonyl (C=O) groups is 2. The molecule has 4 rings (SSSR count). The van der Waals surface area contributed by atoms with E-state index in [0.717, 1.165) is 12.3 Å². The van der Waals surface area contributed by atoms with Crippen molar-refractivity contribution >= 4 is 44.9 Å². The third-order valence-electron chi connectivity index (χ3n) is 6.88. The Morgan fingerprint density at radius 3 is 2.10 bits per heavy atom. The number of amides is 1. The zero-order chi connectivity index (χ0) is 29.2. The molecule has 1 aliphatic rings. The van der Waals surface area contributed by atoms with Gasteiger partial charge in [0.1, 0.15) is 24.1 Å². The molecule has 1 aliphatic heterocycles. The van der Waals surface area contributed by atoms with E-state index >= 15 is 4.39 Å². The van der Waals surface area contributed by atoms with Gasteiger partial charge in [0.05, 0.1) is 10.9 Å². The highest BCUT2D eigenvalue weighted by Crippen LogP contribution is 2.44. The van der Waals surface area contributed by atoms with Crippen molar-refractivity contribution in [1.29, 1.82) is 0 Å². The van der Waals surface area contributed by atoms with Crippen LogP contribution >= 0.6 is 23.2 Å². The van der Waals surface area contributed by atoms with Crippen LogP contribution in [0.25, 0.3) is 0 Å². The van der Waals surface area contributed by atoms with Crippen molar-refractivity contribution in [3.8, 4) is 0 Å². The molecule has 1 N–H and O–H groups in total. The van der Waals surface area contributed by atoms with Crippen molar-refractivity contribution in [3.63, 3.8) is 0 Å². The number of hydrogen-bond acceptors (Lipinski definition) is 5. The minimum absolute atomic E-state index is 0.0628. The molecule has 3 aromatic carbocycles. The third kappa shape index (κ3) is 6.49. The highest BCUT2D eigenvalue weighted by Gasteiger charge is 2.48. The summed E-state index contributed by atoms with van der Waals surface area (Å²) in [5, 5.41) is 11.2. The molecule has 0 spiro atoms. The number of carboxylic acid groups (broad SMARTS) is 1. The molecule has 4 atom stereocenters. The quantitative estimate of drug-likeness (QED) is 0.318. The Kier molecular flexibility index (Phi) is 9.19. The Morgan fingerprint density at radius 1 is 1.02 bits per heavy atom. The maximum Gasteiger partial charge on any atom is 0.326 e. The maximum atomic E-state index is 15.0. The lowest BCUT2D eigenvalue weighted by molar-refractivity contribution is -0.184. The van der Waals surface area contributed by atoms with Crippen LogP contribution in [0.15, 0.2) is 71.6 Å². The molecular formula is C29H28Cl2FNO6S. The number of halogens is 3. The Morgan fingerprint density at radius 2 is 1.60 bits per heavy atom. The fraction of sp³-hybridized carbons (Fsp3) is 0.310. The third-order valence-corrected chi connectivity index (χ3v) is 8.49.